The first-order valence-electron chi connectivity index (χ1n) is 14.5. The number of aliphatic hydroxyl groups excluding tert-OH is 5. The molecule has 0 aliphatic carbocycles. The van der Waals surface area contributed by atoms with Gasteiger partial charge in [0.2, 0.25) is 11.8 Å². The van der Waals surface area contributed by atoms with Crippen LogP contribution in [0.4, 0.5) is 45.5 Å². The number of anilines is 1. The second-order valence-corrected chi connectivity index (χ2v) is 13.3. The molecular formula is C31H30N8Na2O11S2. The molecule has 2 radical (unpaired) electrons. The van der Waals surface area contributed by atoms with E-state index in [-0.39, 0.29) is 126 Å². The summed E-state index contributed by atoms with van der Waals surface area (Å²) in [5, 5.41) is 67.5. The van der Waals surface area contributed by atoms with Crippen molar-refractivity contribution in [2.45, 2.75) is 23.6 Å². The van der Waals surface area contributed by atoms with Crippen LogP contribution in [0.2, 0.25) is 0 Å². The van der Waals surface area contributed by atoms with Gasteiger partial charge in [-0.2, -0.15) is 32.1 Å². The summed E-state index contributed by atoms with van der Waals surface area (Å²) in [5.41, 5.74) is 0.906. The van der Waals surface area contributed by atoms with Crippen LogP contribution in [0.5, 0.6) is 0 Å². The number of benzene rings is 4. The molecular weight excluding hydrogens is 771 g/mol. The molecule has 0 aliphatic heterocycles. The third-order valence-electron chi connectivity index (χ3n) is 6.65. The van der Waals surface area contributed by atoms with Crippen molar-refractivity contribution in [3.63, 3.8) is 0 Å². The molecule has 0 fully saturated rings. The minimum atomic E-state index is -4.53. The summed E-state index contributed by atoms with van der Waals surface area (Å²) in [6, 6.07) is 15.4. The Morgan fingerprint density at radius 2 is 0.981 bits per heavy atom. The zero-order valence-electron chi connectivity index (χ0n) is 29.1. The Kier molecular flexibility index (Phi) is 17.2. The molecule has 274 valence electrons. The number of nitrogens with one attached hydrogen (secondary N) is 1. The number of hydrogen-bond acceptors (Lipinski definition) is 13. The van der Waals surface area contributed by atoms with E-state index < -0.39 is 51.3 Å². The molecule has 0 aromatic heterocycles. The standard InChI is InChI=1S/C31H30N8O11S2.2Na/c1-17-3-5-21(13-27(17)51(45,46)47)36-38-23-9-7-19(11-25(23)34-29(42)15-40)32-31(44)33-20-8-10-24(26(12-20)35-30(43)16-41)39-37-22-6-4-18(2)28(14-22)52(48,49)50;;/h3-14,40-41H,15-16H2,1-2H3,(H,34,42)(H,35,43)(H2,32,33,44)(H,45,46,47)(H,48,49,50);;. The van der Waals surface area contributed by atoms with Crippen molar-refractivity contribution in [3.8, 4) is 0 Å². The number of hydrogen-bond donors (Lipinski definition) is 8. The van der Waals surface area contributed by atoms with E-state index >= 15 is 0 Å². The van der Waals surface area contributed by atoms with Crippen molar-refractivity contribution in [3.05, 3.63) is 83.9 Å². The number of aryl methyl sites for hydroxylation is 2. The molecule has 54 heavy (non-hydrogen) atoms. The minimum absolute atomic E-state index is 0. The van der Waals surface area contributed by atoms with Gasteiger partial charge in [0.05, 0.1) is 38.2 Å². The third-order valence-corrected chi connectivity index (χ3v) is 8.64. The van der Waals surface area contributed by atoms with Crippen LogP contribution in [0, 0.1) is 13.8 Å². The number of rotatable bonds is 12. The minimum Gasteiger partial charge on any atom is -0.495 e. The van der Waals surface area contributed by atoms with E-state index in [4.69, 9.17) is 0 Å². The van der Waals surface area contributed by atoms with Gasteiger partial charge in [0, 0.05) is 64.8 Å². The molecule has 23 heteroatoms. The Morgan fingerprint density at radius 3 is 1.43 bits per heavy atom. The van der Waals surface area contributed by atoms with Crippen LogP contribution >= 0.6 is 0 Å². The molecule has 0 spiro atoms. The van der Waals surface area contributed by atoms with E-state index in [1.54, 1.807) is 0 Å². The Bertz CT molecular complexity index is 2390. The summed E-state index contributed by atoms with van der Waals surface area (Å²) in [4.78, 5) is 11.1. The maximum atomic E-state index is 11.7. The molecule has 4 aromatic rings. The third kappa shape index (κ3) is 13.1. The molecule has 19 nitrogen and oxygen atoms in total. The van der Waals surface area contributed by atoms with E-state index in [1.807, 2.05) is 0 Å². The monoisotopic (exact) mass is 800 g/mol. The molecule has 0 heterocycles. The molecule has 0 saturated heterocycles. The van der Waals surface area contributed by atoms with Gasteiger partial charge < -0.3 is 30.8 Å². The largest absolute Gasteiger partial charge is 0.495 e. The number of aliphatic imine (C=N–C) groups is 3. The first-order chi connectivity index (χ1) is 24.5. The van der Waals surface area contributed by atoms with Crippen LogP contribution in [-0.4, -0.2) is 142 Å². The number of azo groups is 2. The van der Waals surface area contributed by atoms with E-state index in [1.165, 1.54) is 74.5 Å². The van der Waals surface area contributed by atoms with Gasteiger partial charge in [-0.05, 0) is 85.6 Å². The Balaban J connectivity index is 0.00000504. The zero-order chi connectivity index (χ0) is 38.2. The van der Waals surface area contributed by atoms with Crippen LogP contribution < -0.4 is 5.32 Å². The van der Waals surface area contributed by atoms with Gasteiger partial charge in [-0.1, -0.05) is 12.1 Å². The quantitative estimate of drug-likeness (QED) is 0.0282. The normalized spacial score (nSPS) is 12.8. The SMILES string of the molecule is Cc1ccc(N=Nc2ccc(N=C(O)Nc3ccc(N=Nc4ccc(C)c(S(=O)(=O)O)c4)c(N=C(O)CO)c3)cc2N=C(O)CO)cc1S(=O)(=O)O.[Na].[Na]. The maximum absolute atomic E-state index is 11.7. The Morgan fingerprint density at radius 1 is 0.556 bits per heavy atom. The maximum Gasteiger partial charge on any atom is 0.294 e. The molecule has 4 aromatic carbocycles. The average Bonchev–Trinajstić information content (AvgIpc) is 3.07. The fourth-order valence-electron chi connectivity index (χ4n) is 4.24. The Labute approximate surface area is 352 Å². The first kappa shape index (κ1) is 46.2. The van der Waals surface area contributed by atoms with E-state index in [0.29, 0.717) is 0 Å². The van der Waals surface area contributed by atoms with Gasteiger partial charge in [-0.15, -0.1) is 10.2 Å². The van der Waals surface area contributed by atoms with Gasteiger partial charge in [0.15, 0.2) is 0 Å². The van der Waals surface area contributed by atoms with Crippen LogP contribution in [0.3, 0.4) is 0 Å². The summed E-state index contributed by atoms with van der Waals surface area (Å²) in [6.07, 6.45) is 0. The number of amidine groups is 1. The summed E-state index contributed by atoms with van der Waals surface area (Å²) >= 11 is 0. The smallest absolute Gasteiger partial charge is 0.294 e. The second kappa shape index (κ2) is 20.1. The van der Waals surface area contributed by atoms with Gasteiger partial charge in [-0.25, -0.2) is 9.98 Å². The average molecular weight is 801 g/mol. The van der Waals surface area contributed by atoms with Crippen LogP contribution in [0.25, 0.3) is 0 Å². The van der Waals surface area contributed by atoms with Crippen LogP contribution in [-0.2, 0) is 20.2 Å². The van der Waals surface area contributed by atoms with Crippen molar-refractivity contribution in [2.24, 2.45) is 35.4 Å². The van der Waals surface area contributed by atoms with Crippen molar-refractivity contribution >= 4 is 143 Å². The van der Waals surface area contributed by atoms with Gasteiger partial charge in [0.1, 0.15) is 24.6 Å². The van der Waals surface area contributed by atoms with E-state index in [0.717, 1.165) is 12.1 Å². The predicted octanol–water partition coefficient (Wildman–Crippen LogP) is 5.68. The van der Waals surface area contributed by atoms with E-state index in [9.17, 15) is 51.5 Å². The predicted molar refractivity (Wildman–Crippen MR) is 202 cm³/mol. The molecule has 8 N–H and O–H groups in total. The fraction of sp³-hybridized carbons (Fsp3) is 0.129. The molecule has 0 amide bonds. The van der Waals surface area contributed by atoms with Gasteiger partial charge >= 0.3 is 0 Å². The topological polar surface area (TPSA) is 308 Å². The number of aliphatic hydroxyl groups is 5. The van der Waals surface area contributed by atoms with Gasteiger partial charge in [0.25, 0.3) is 26.3 Å². The molecule has 0 unspecified atom stereocenters. The van der Waals surface area contributed by atoms with Crippen LogP contribution in [0.1, 0.15) is 11.1 Å². The summed E-state index contributed by atoms with van der Waals surface area (Å²) in [5.74, 6) is -1.38. The molecule has 4 rings (SSSR count). The fourth-order valence-corrected chi connectivity index (χ4v) is 5.73. The second-order valence-electron chi connectivity index (χ2n) is 10.6. The molecule has 0 aliphatic rings. The summed E-state index contributed by atoms with van der Waals surface area (Å²) in [7, 11) is -9.05. The number of nitrogens with zero attached hydrogens (tertiary/aromatic N) is 7. The molecule has 0 bridgehead atoms. The van der Waals surface area contributed by atoms with Crippen LogP contribution in [0.15, 0.2) is 118 Å². The Hall–Kier alpha value is -3.97. The molecule has 0 saturated carbocycles. The summed E-state index contributed by atoms with van der Waals surface area (Å²) in [6.45, 7) is 1.32. The zero-order valence-corrected chi connectivity index (χ0v) is 34.7. The van der Waals surface area contributed by atoms with Crippen molar-refractivity contribution < 1.29 is 51.5 Å². The van der Waals surface area contributed by atoms with Gasteiger partial charge in [-0.3, -0.25) is 9.11 Å². The van der Waals surface area contributed by atoms with Crippen molar-refractivity contribution in [1.82, 2.24) is 0 Å². The summed E-state index contributed by atoms with van der Waals surface area (Å²) < 4.78 is 65.5. The van der Waals surface area contributed by atoms with Crippen molar-refractivity contribution in [2.75, 3.05) is 18.5 Å². The van der Waals surface area contributed by atoms with E-state index in [2.05, 4.69) is 40.8 Å². The van der Waals surface area contributed by atoms with Crippen molar-refractivity contribution in [1.29, 1.82) is 0 Å². The molecule has 0 atom stereocenters. The first-order valence-corrected chi connectivity index (χ1v) is 17.4.